The molecule has 2 heteroatoms. The average molecular weight is 233 g/mol. The number of hydrogen-bond donors (Lipinski definition) is 1. The van der Waals surface area contributed by atoms with Gasteiger partial charge in [-0.05, 0) is 42.9 Å². The summed E-state index contributed by atoms with van der Waals surface area (Å²) < 4.78 is 0. The summed E-state index contributed by atoms with van der Waals surface area (Å²) in [6.45, 7) is 6.44. The molecule has 0 aliphatic carbocycles. The minimum absolute atomic E-state index is 0.274. The molecule has 1 saturated heterocycles. The second-order valence-corrected chi connectivity index (χ2v) is 5.33. The molecule has 0 bridgehead atoms. The summed E-state index contributed by atoms with van der Waals surface area (Å²) in [5, 5.41) is 9.99. The smallest absolute Gasteiger partial charge is 0.0812 e. The van der Waals surface area contributed by atoms with Crippen LogP contribution in [0.5, 0.6) is 0 Å². The van der Waals surface area contributed by atoms with Crippen molar-refractivity contribution in [2.45, 2.75) is 39.2 Å². The molecule has 17 heavy (non-hydrogen) atoms. The van der Waals surface area contributed by atoms with Crippen molar-refractivity contribution in [2.75, 3.05) is 18.0 Å². The van der Waals surface area contributed by atoms with Crippen molar-refractivity contribution in [3.63, 3.8) is 0 Å². The van der Waals surface area contributed by atoms with E-state index in [9.17, 15) is 5.11 Å². The van der Waals surface area contributed by atoms with E-state index in [-0.39, 0.29) is 12.0 Å². The fourth-order valence-corrected chi connectivity index (χ4v) is 2.42. The van der Waals surface area contributed by atoms with E-state index in [1.807, 2.05) is 13.8 Å². The Morgan fingerprint density at radius 1 is 1.00 bits per heavy atom. The van der Waals surface area contributed by atoms with E-state index in [0.717, 1.165) is 5.56 Å². The molecule has 0 aromatic heterocycles. The van der Waals surface area contributed by atoms with Gasteiger partial charge in [0.15, 0.2) is 0 Å². The lowest BCUT2D eigenvalue weighted by atomic mass is 9.99. The van der Waals surface area contributed by atoms with E-state index in [2.05, 4.69) is 29.2 Å². The van der Waals surface area contributed by atoms with Crippen molar-refractivity contribution in [2.24, 2.45) is 5.92 Å². The number of hydrogen-bond acceptors (Lipinski definition) is 2. The van der Waals surface area contributed by atoms with E-state index in [0.29, 0.717) is 0 Å². The maximum Gasteiger partial charge on any atom is 0.0812 e. The number of benzene rings is 1. The van der Waals surface area contributed by atoms with Gasteiger partial charge in [0.05, 0.1) is 6.10 Å². The zero-order chi connectivity index (χ0) is 12.3. The van der Waals surface area contributed by atoms with Gasteiger partial charge < -0.3 is 10.0 Å². The lowest BCUT2D eigenvalue weighted by Gasteiger charge is -2.29. The van der Waals surface area contributed by atoms with Crippen molar-refractivity contribution >= 4 is 5.69 Å². The molecule has 1 N–H and O–H groups in total. The van der Waals surface area contributed by atoms with Crippen molar-refractivity contribution in [1.29, 1.82) is 0 Å². The van der Waals surface area contributed by atoms with Crippen molar-refractivity contribution in [3.8, 4) is 0 Å². The molecule has 94 valence electrons. The Kier molecular flexibility index (Phi) is 4.06. The van der Waals surface area contributed by atoms with Gasteiger partial charge in [0.25, 0.3) is 0 Å². The summed E-state index contributed by atoms with van der Waals surface area (Å²) in [5.74, 6) is 0.274. The minimum atomic E-state index is -0.342. The van der Waals surface area contributed by atoms with Crippen LogP contribution < -0.4 is 4.90 Å². The van der Waals surface area contributed by atoms with Gasteiger partial charge >= 0.3 is 0 Å². The monoisotopic (exact) mass is 233 g/mol. The summed E-state index contributed by atoms with van der Waals surface area (Å²) in [6, 6.07) is 8.42. The highest BCUT2D eigenvalue weighted by atomic mass is 16.3. The fraction of sp³-hybridized carbons (Fsp3) is 0.600. The molecule has 0 spiro atoms. The van der Waals surface area contributed by atoms with Crippen LogP contribution in [0.2, 0.25) is 0 Å². The van der Waals surface area contributed by atoms with Gasteiger partial charge in [0, 0.05) is 18.8 Å². The van der Waals surface area contributed by atoms with E-state index in [4.69, 9.17) is 0 Å². The zero-order valence-corrected chi connectivity index (χ0v) is 10.9. The maximum atomic E-state index is 9.99. The highest BCUT2D eigenvalue weighted by molar-refractivity contribution is 5.48. The van der Waals surface area contributed by atoms with Gasteiger partial charge in [-0.3, -0.25) is 0 Å². The highest BCUT2D eigenvalue weighted by Gasteiger charge is 2.14. The van der Waals surface area contributed by atoms with Crippen LogP contribution in [-0.4, -0.2) is 18.2 Å². The molecule has 1 fully saturated rings. The van der Waals surface area contributed by atoms with Crippen LogP contribution in [0.1, 0.15) is 44.8 Å². The normalized spacial score (nSPS) is 18.5. The van der Waals surface area contributed by atoms with E-state index >= 15 is 0 Å². The first-order valence-electron chi connectivity index (χ1n) is 6.71. The van der Waals surface area contributed by atoms with Crippen LogP contribution in [-0.2, 0) is 0 Å². The average Bonchev–Trinajstić information content (AvgIpc) is 2.39. The number of anilines is 1. The molecule has 1 aromatic carbocycles. The third-order valence-electron chi connectivity index (χ3n) is 3.59. The Morgan fingerprint density at radius 2 is 1.59 bits per heavy atom. The molecule has 0 radical (unpaired) electrons. The van der Waals surface area contributed by atoms with E-state index in [1.54, 1.807) is 0 Å². The second-order valence-electron chi connectivity index (χ2n) is 5.33. The number of aliphatic hydroxyl groups excluding tert-OH is 1. The zero-order valence-electron chi connectivity index (χ0n) is 10.9. The third kappa shape index (κ3) is 3.01. The predicted octanol–water partition coefficient (Wildman–Crippen LogP) is 3.37. The number of nitrogens with zero attached hydrogens (tertiary/aromatic N) is 1. The van der Waals surface area contributed by atoms with Crippen LogP contribution >= 0.6 is 0 Å². The molecule has 0 amide bonds. The molecule has 1 aromatic rings. The second kappa shape index (κ2) is 5.54. The molecule has 1 aliphatic rings. The molecule has 1 atom stereocenters. The number of rotatable bonds is 3. The number of piperidine rings is 1. The van der Waals surface area contributed by atoms with Crippen LogP contribution in [0.4, 0.5) is 5.69 Å². The first-order chi connectivity index (χ1) is 8.18. The Labute approximate surface area is 104 Å². The minimum Gasteiger partial charge on any atom is -0.388 e. The lowest BCUT2D eigenvalue weighted by Crippen LogP contribution is -2.29. The first kappa shape index (κ1) is 12.4. The maximum absolute atomic E-state index is 9.99. The quantitative estimate of drug-likeness (QED) is 0.865. The van der Waals surface area contributed by atoms with Crippen LogP contribution in [0.15, 0.2) is 24.3 Å². The lowest BCUT2D eigenvalue weighted by molar-refractivity contribution is 0.127. The van der Waals surface area contributed by atoms with Gasteiger partial charge in [-0.25, -0.2) is 0 Å². The molecule has 1 aliphatic heterocycles. The topological polar surface area (TPSA) is 23.5 Å². The molecule has 1 heterocycles. The van der Waals surface area contributed by atoms with Gasteiger partial charge in [0.2, 0.25) is 0 Å². The SMILES string of the molecule is CC(C)C(O)c1ccc(N2CCCCC2)cc1. The molecule has 1 unspecified atom stereocenters. The summed E-state index contributed by atoms with van der Waals surface area (Å²) in [4.78, 5) is 2.44. The molecule has 2 rings (SSSR count). The molecule has 0 saturated carbocycles. The summed E-state index contributed by atoms with van der Waals surface area (Å²) in [7, 11) is 0. The van der Waals surface area contributed by atoms with Gasteiger partial charge in [-0.2, -0.15) is 0 Å². The van der Waals surface area contributed by atoms with Crippen LogP contribution in [0.3, 0.4) is 0 Å². The Bertz CT molecular complexity index is 338. The molecule has 2 nitrogen and oxygen atoms in total. The van der Waals surface area contributed by atoms with Gasteiger partial charge in [-0.15, -0.1) is 0 Å². The first-order valence-corrected chi connectivity index (χ1v) is 6.71. The van der Waals surface area contributed by atoms with E-state index < -0.39 is 0 Å². The predicted molar refractivity (Wildman–Crippen MR) is 72.3 cm³/mol. The van der Waals surface area contributed by atoms with E-state index in [1.165, 1.54) is 38.0 Å². The van der Waals surface area contributed by atoms with Gasteiger partial charge in [0.1, 0.15) is 0 Å². The fourth-order valence-electron chi connectivity index (χ4n) is 2.42. The Hall–Kier alpha value is -1.02. The summed E-state index contributed by atoms with van der Waals surface area (Å²) >= 11 is 0. The molecular weight excluding hydrogens is 210 g/mol. The van der Waals surface area contributed by atoms with Crippen LogP contribution in [0.25, 0.3) is 0 Å². The van der Waals surface area contributed by atoms with Crippen molar-refractivity contribution < 1.29 is 5.11 Å². The highest BCUT2D eigenvalue weighted by Crippen LogP contribution is 2.25. The summed E-state index contributed by atoms with van der Waals surface area (Å²) in [6.07, 6.45) is 3.62. The summed E-state index contributed by atoms with van der Waals surface area (Å²) in [5.41, 5.74) is 2.32. The van der Waals surface area contributed by atoms with Crippen LogP contribution in [0, 0.1) is 5.92 Å². The largest absolute Gasteiger partial charge is 0.388 e. The third-order valence-corrected chi connectivity index (χ3v) is 3.59. The molecular formula is C15H23NO. The van der Waals surface area contributed by atoms with Gasteiger partial charge in [-0.1, -0.05) is 26.0 Å². The Morgan fingerprint density at radius 3 is 2.12 bits per heavy atom. The van der Waals surface area contributed by atoms with Crippen molar-refractivity contribution in [3.05, 3.63) is 29.8 Å². The number of aliphatic hydroxyl groups is 1. The van der Waals surface area contributed by atoms with Crippen molar-refractivity contribution in [1.82, 2.24) is 0 Å². The Balaban J connectivity index is 2.06. The standard InChI is InChI=1S/C15H23NO/c1-12(2)15(17)13-6-8-14(9-7-13)16-10-4-3-5-11-16/h6-9,12,15,17H,3-5,10-11H2,1-2H3.